The van der Waals surface area contributed by atoms with Crippen LogP contribution in [0.1, 0.15) is 46.0 Å². The van der Waals surface area contributed by atoms with Crippen molar-refractivity contribution in [2.75, 3.05) is 0 Å². The Labute approximate surface area is 79.6 Å². The highest BCUT2D eigenvalue weighted by atomic mass is 16.2. The highest BCUT2D eigenvalue weighted by molar-refractivity contribution is 5.86. The average Bonchev–Trinajstić information content (AvgIpc) is 2.66. The van der Waals surface area contributed by atoms with E-state index in [1.807, 2.05) is 13.8 Å². The summed E-state index contributed by atoms with van der Waals surface area (Å²) in [7, 11) is 0. The Hall–Kier alpha value is -0.860. The molecule has 0 aromatic carbocycles. The predicted octanol–water partition coefficient (Wildman–Crippen LogP) is 2.08. The lowest BCUT2D eigenvalue weighted by atomic mass is 10.0. The molecule has 0 aromatic heterocycles. The maximum Gasteiger partial charge on any atom is 0.239 e. The van der Waals surface area contributed by atoms with Crippen LogP contribution in [0.2, 0.25) is 0 Å². The number of nitrogens with zero attached hydrogens (tertiary/aromatic N) is 1. The number of rotatable bonds is 3. The molecule has 1 fully saturated rings. The first-order chi connectivity index (χ1) is 6.24. The highest BCUT2D eigenvalue weighted by Crippen LogP contribution is 2.25. The zero-order valence-electron chi connectivity index (χ0n) is 8.47. The van der Waals surface area contributed by atoms with Crippen LogP contribution in [0.3, 0.4) is 0 Å². The molecule has 3 heteroatoms. The Balaban J connectivity index is 2.36. The van der Waals surface area contributed by atoms with Crippen molar-refractivity contribution >= 4 is 11.6 Å². The normalized spacial score (nSPS) is 19.1. The number of carbonyl (C=O) groups is 1. The molecule has 1 saturated carbocycles. The van der Waals surface area contributed by atoms with Gasteiger partial charge in [-0.1, -0.05) is 19.8 Å². The fourth-order valence-electron chi connectivity index (χ4n) is 1.66. The number of nitrogens with one attached hydrogen (secondary N) is 1. The van der Waals surface area contributed by atoms with Gasteiger partial charge < -0.3 is 0 Å². The van der Waals surface area contributed by atoms with Crippen molar-refractivity contribution in [2.45, 2.75) is 46.0 Å². The molecule has 1 aliphatic carbocycles. The Morgan fingerprint density at radius 1 is 1.46 bits per heavy atom. The van der Waals surface area contributed by atoms with Crippen molar-refractivity contribution in [3.63, 3.8) is 0 Å². The average molecular weight is 182 g/mol. The summed E-state index contributed by atoms with van der Waals surface area (Å²) in [5, 5.41) is 4.09. The van der Waals surface area contributed by atoms with Crippen LogP contribution < -0.4 is 5.43 Å². The van der Waals surface area contributed by atoms with E-state index in [4.69, 9.17) is 0 Å². The Morgan fingerprint density at radius 3 is 2.62 bits per heavy atom. The van der Waals surface area contributed by atoms with Gasteiger partial charge >= 0.3 is 0 Å². The van der Waals surface area contributed by atoms with Crippen LogP contribution in [-0.4, -0.2) is 11.6 Å². The molecule has 13 heavy (non-hydrogen) atoms. The smallest absolute Gasteiger partial charge is 0.239 e. The molecule has 74 valence electrons. The lowest BCUT2D eigenvalue weighted by Gasteiger charge is -2.07. The third kappa shape index (κ3) is 3.17. The second-order valence-corrected chi connectivity index (χ2v) is 3.62. The molecule has 0 unspecified atom stereocenters. The zero-order valence-corrected chi connectivity index (χ0v) is 8.47. The van der Waals surface area contributed by atoms with E-state index in [1.165, 1.54) is 25.7 Å². The number of amides is 1. The van der Waals surface area contributed by atoms with Gasteiger partial charge in [0.1, 0.15) is 0 Å². The Kier molecular flexibility index (Phi) is 3.93. The quantitative estimate of drug-likeness (QED) is 0.527. The Morgan fingerprint density at radius 2 is 2.08 bits per heavy atom. The molecule has 0 heterocycles. The number of hydrogen-bond donors (Lipinski definition) is 1. The van der Waals surface area contributed by atoms with Gasteiger partial charge in [0.2, 0.25) is 5.91 Å². The van der Waals surface area contributed by atoms with Gasteiger partial charge in [-0.2, -0.15) is 5.10 Å². The first-order valence-electron chi connectivity index (χ1n) is 5.07. The number of hydrazone groups is 1. The minimum atomic E-state index is -0.00246. The molecule has 1 aliphatic rings. The van der Waals surface area contributed by atoms with Gasteiger partial charge in [-0.05, 0) is 25.7 Å². The molecule has 0 bridgehead atoms. The van der Waals surface area contributed by atoms with Gasteiger partial charge in [-0.25, -0.2) is 5.43 Å². The summed E-state index contributed by atoms with van der Waals surface area (Å²) in [5.41, 5.74) is 3.64. The molecule has 0 aliphatic heterocycles. The van der Waals surface area contributed by atoms with Crippen LogP contribution in [-0.2, 0) is 4.79 Å². The standard InChI is InChI=1S/C10H18N2O/c1-3-10(13)12-11-8(2)9-6-4-5-7-9/h9H,3-7H2,1-2H3,(H,12,13)/b11-8+. The molecule has 0 spiro atoms. The fraction of sp³-hybridized carbons (Fsp3) is 0.800. The minimum Gasteiger partial charge on any atom is -0.273 e. The SMILES string of the molecule is CCC(=O)N/N=C(\C)C1CCCC1. The summed E-state index contributed by atoms with van der Waals surface area (Å²) < 4.78 is 0. The van der Waals surface area contributed by atoms with Gasteiger partial charge in [0.05, 0.1) is 0 Å². The van der Waals surface area contributed by atoms with Gasteiger partial charge in [0, 0.05) is 12.1 Å². The summed E-state index contributed by atoms with van der Waals surface area (Å²) >= 11 is 0. The minimum absolute atomic E-state index is 0.00246. The van der Waals surface area contributed by atoms with E-state index >= 15 is 0 Å². The third-order valence-corrected chi connectivity index (χ3v) is 2.62. The van der Waals surface area contributed by atoms with Crippen LogP contribution in [0.25, 0.3) is 0 Å². The van der Waals surface area contributed by atoms with Crippen molar-refractivity contribution in [3.8, 4) is 0 Å². The van der Waals surface area contributed by atoms with Crippen molar-refractivity contribution in [2.24, 2.45) is 11.0 Å². The van der Waals surface area contributed by atoms with E-state index in [9.17, 15) is 4.79 Å². The lowest BCUT2D eigenvalue weighted by molar-refractivity contribution is -0.120. The molecule has 3 nitrogen and oxygen atoms in total. The monoisotopic (exact) mass is 182 g/mol. The highest BCUT2D eigenvalue weighted by Gasteiger charge is 2.17. The van der Waals surface area contributed by atoms with Crippen LogP contribution in [0.5, 0.6) is 0 Å². The van der Waals surface area contributed by atoms with E-state index in [-0.39, 0.29) is 5.91 Å². The summed E-state index contributed by atoms with van der Waals surface area (Å²) in [6, 6.07) is 0. The van der Waals surface area contributed by atoms with Crippen LogP contribution in [0, 0.1) is 5.92 Å². The topological polar surface area (TPSA) is 41.5 Å². The van der Waals surface area contributed by atoms with Crippen LogP contribution >= 0.6 is 0 Å². The van der Waals surface area contributed by atoms with E-state index in [2.05, 4.69) is 10.5 Å². The van der Waals surface area contributed by atoms with Crippen molar-refractivity contribution in [1.82, 2.24) is 5.43 Å². The second kappa shape index (κ2) is 5.00. The lowest BCUT2D eigenvalue weighted by Crippen LogP contribution is -2.19. The van der Waals surface area contributed by atoms with E-state index in [1.54, 1.807) is 0 Å². The molecule has 0 saturated heterocycles. The molecular weight excluding hydrogens is 164 g/mol. The maximum atomic E-state index is 10.9. The van der Waals surface area contributed by atoms with E-state index in [0.717, 1.165) is 5.71 Å². The molecule has 1 rings (SSSR count). The van der Waals surface area contributed by atoms with Gasteiger partial charge in [-0.3, -0.25) is 4.79 Å². The number of hydrogen-bond acceptors (Lipinski definition) is 2. The van der Waals surface area contributed by atoms with Crippen molar-refractivity contribution in [3.05, 3.63) is 0 Å². The first-order valence-corrected chi connectivity index (χ1v) is 5.07. The molecule has 1 N–H and O–H groups in total. The van der Waals surface area contributed by atoms with Crippen molar-refractivity contribution < 1.29 is 4.79 Å². The van der Waals surface area contributed by atoms with Crippen LogP contribution in [0.4, 0.5) is 0 Å². The third-order valence-electron chi connectivity index (χ3n) is 2.62. The Bertz CT molecular complexity index is 205. The first kappa shape index (κ1) is 10.2. The molecule has 0 atom stereocenters. The summed E-state index contributed by atoms with van der Waals surface area (Å²) in [5.74, 6) is 0.606. The molecular formula is C10H18N2O. The summed E-state index contributed by atoms with van der Waals surface area (Å²) in [6.45, 7) is 3.84. The fourth-order valence-corrected chi connectivity index (χ4v) is 1.66. The largest absolute Gasteiger partial charge is 0.273 e. The second-order valence-electron chi connectivity index (χ2n) is 3.62. The van der Waals surface area contributed by atoms with Gasteiger partial charge in [0.15, 0.2) is 0 Å². The number of carbonyl (C=O) groups excluding carboxylic acids is 1. The van der Waals surface area contributed by atoms with Crippen LogP contribution in [0.15, 0.2) is 5.10 Å². The van der Waals surface area contributed by atoms with Gasteiger partial charge in [-0.15, -0.1) is 0 Å². The predicted molar refractivity (Wildman–Crippen MR) is 53.5 cm³/mol. The maximum absolute atomic E-state index is 10.9. The summed E-state index contributed by atoms with van der Waals surface area (Å²) in [4.78, 5) is 10.9. The van der Waals surface area contributed by atoms with Crippen molar-refractivity contribution in [1.29, 1.82) is 0 Å². The van der Waals surface area contributed by atoms with E-state index < -0.39 is 0 Å². The zero-order chi connectivity index (χ0) is 9.68. The molecule has 0 radical (unpaired) electrons. The molecule has 0 aromatic rings. The van der Waals surface area contributed by atoms with Gasteiger partial charge in [0.25, 0.3) is 0 Å². The van der Waals surface area contributed by atoms with E-state index in [0.29, 0.717) is 12.3 Å². The summed E-state index contributed by atoms with van der Waals surface area (Å²) in [6.07, 6.45) is 5.58. The molecule has 1 amide bonds.